The second-order valence-corrected chi connectivity index (χ2v) is 7.71. The van der Waals surface area contributed by atoms with Gasteiger partial charge in [0.15, 0.2) is 0 Å². The van der Waals surface area contributed by atoms with Gasteiger partial charge in [0.25, 0.3) is 10.0 Å². The van der Waals surface area contributed by atoms with Crippen LogP contribution in [0.1, 0.15) is 11.1 Å². The molecule has 0 saturated carbocycles. The second-order valence-electron chi connectivity index (χ2n) is 5.88. The molecule has 1 heterocycles. The third kappa shape index (κ3) is 3.20. The van der Waals surface area contributed by atoms with Gasteiger partial charge >= 0.3 is 5.97 Å². The predicted octanol–water partition coefficient (Wildman–Crippen LogP) is 2.08. The molecular weight excluding hydrogens is 358 g/mol. The monoisotopic (exact) mass is 377 g/mol. The Bertz CT molecular complexity index is 954. The van der Waals surface area contributed by atoms with Crippen molar-refractivity contribution in [3.05, 3.63) is 47.5 Å². The molecule has 2 aromatic carbocycles. The van der Waals surface area contributed by atoms with Crippen LogP contribution in [0.2, 0.25) is 0 Å². The lowest BCUT2D eigenvalue weighted by Gasteiger charge is -2.21. The molecule has 0 spiro atoms. The Balaban J connectivity index is 2.06. The van der Waals surface area contributed by atoms with Gasteiger partial charge in [-0.05, 0) is 47.9 Å². The van der Waals surface area contributed by atoms with E-state index >= 15 is 0 Å². The number of rotatable bonds is 6. The average molecular weight is 377 g/mol. The minimum atomic E-state index is -3.90. The van der Waals surface area contributed by atoms with E-state index in [1.807, 2.05) is 6.07 Å². The highest BCUT2D eigenvalue weighted by Crippen LogP contribution is 2.37. The fourth-order valence-corrected chi connectivity index (χ4v) is 4.76. The van der Waals surface area contributed by atoms with Crippen molar-refractivity contribution in [1.82, 2.24) is 0 Å². The first kappa shape index (κ1) is 18.1. The van der Waals surface area contributed by atoms with Gasteiger partial charge in [0.05, 0.1) is 26.3 Å². The van der Waals surface area contributed by atoms with Crippen molar-refractivity contribution < 1.29 is 27.8 Å². The fourth-order valence-electron chi connectivity index (χ4n) is 3.05. The highest BCUT2D eigenvalue weighted by atomic mass is 32.2. The van der Waals surface area contributed by atoms with E-state index in [-0.39, 0.29) is 17.1 Å². The normalized spacial score (nSPS) is 13.4. The van der Waals surface area contributed by atoms with E-state index < -0.39 is 16.0 Å². The van der Waals surface area contributed by atoms with E-state index in [0.29, 0.717) is 30.0 Å². The summed E-state index contributed by atoms with van der Waals surface area (Å²) >= 11 is 0. The standard InChI is InChI=1S/C18H19NO6S/c1-24-14-4-5-15-13(11-14)7-8-19(15)26(22,23)17-9-12(10-18(20)21)3-6-16(17)25-2/h3-6,9,11H,7-8,10H2,1-2H3,(H,20,21). The molecule has 3 rings (SSSR count). The Labute approximate surface area is 151 Å². The van der Waals surface area contributed by atoms with E-state index in [0.717, 1.165) is 5.56 Å². The summed E-state index contributed by atoms with van der Waals surface area (Å²) in [5.41, 5.74) is 1.87. The van der Waals surface area contributed by atoms with Gasteiger partial charge in [-0.1, -0.05) is 6.07 Å². The van der Waals surface area contributed by atoms with Crippen LogP contribution in [0.5, 0.6) is 11.5 Å². The molecule has 0 amide bonds. The zero-order valence-corrected chi connectivity index (χ0v) is 15.2. The molecule has 7 nitrogen and oxygen atoms in total. The highest BCUT2D eigenvalue weighted by Gasteiger charge is 2.33. The quantitative estimate of drug-likeness (QED) is 0.829. The predicted molar refractivity (Wildman–Crippen MR) is 95.6 cm³/mol. The smallest absolute Gasteiger partial charge is 0.307 e. The Morgan fingerprint density at radius 2 is 1.92 bits per heavy atom. The number of anilines is 1. The van der Waals surface area contributed by atoms with E-state index in [1.165, 1.54) is 23.5 Å². The summed E-state index contributed by atoms with van der Waals surface area (Å²) in [5, 5.41) is 8.98. The first-order chi connectivity index (χ1) is 12.4. The molecule has 0 saturated heterocycles. The number of carboxylic acid groups (broad SMARTS) is 1. The summed E-state index contributed by atoms with van der Waals surface area (Å²) < 4.78 is 38.2. The molecular formula is C18H19NO6S. The maximum absolute atomic E-state index is 13.2. The second kappa shape index (κ2) is 6.87. The summed E-state index contributed by atoms with van der Waals surface area (Å²) in [6, 6.07) is 9.65. The van der Waals surface area contributed by atoms with Crippen molar-refractivity contribution in [1.29, 1.82) is 0 Å². The zero-order valence-electron chi connectivity index (χ0n) is 14.4. The molecule has 0 fully saturated rings. The van der Waals surface area contributed by atoms with E-state index in [2.05, 4.69) is 0 Å². The summed E-state index contributed by atoms with van der Waals surface area (Å²) in [4.78, 5) is 10.9. The van der Waals surface area contributed by atoms with Gasteiger partial charge in [-0.2, -0.15) is 0 Å². The number of hydrogen-bond acceptors (Lipinski definition) is 5. The number of methoxy groups -OCH3 is 2. The Hall–Kier alpha value is -2.74. The van der Waals surface area contributed by atoms with E-state index in [4.69, 9.17) is 14.6 Å². The minimum absolute atomic E-state index is 0.0394. The van der Waals surface area contributed by atoms with Crippen molar-refractivity contribution in [3.63, 3.8) is 0 Å². The molecule has 0 unspecified atom stereocenters. The Kier molecular flexibility index (Phi) is 4.78. The lowest BCUT2D eigenvalue weighted by atomic mass is 10.1. The van der Waals surface area contributed by atoms with Crippen LogP contribution in [0.25, 0.3) is 0 Å². The maximum atomic E-state index is 13.2. The van der Waals surface area contributed by atoms with Gasteiger partial charge in [-0.3, -0.25) is 9.10 Å². The first-order valence-corrected chi connectivity index (χ1v) is 9.39. The summed E-state index contributed by atoms with van der Waals surface area (Å²) in [6.45, 7) is 0.303. The summed E-state index contributed by atoms with van der Waals surface area (Å²) in [6.07, 6.45) is 0.309. The van der Waals surface area contributed by atoms with Gasteiger partial charge in [0, 0.05) is 6.54 Å². The molecule has 0 radical (unpaired) electrons. The Morgan fingerprint density at radius 3 is 2.58 bits per heavy atom. The molecule has 1 aliphatic heterocycles. The topological polar surface area (TPSA) is 93.1 Å². The molecule has 26 heavy (non-hydrogen) atoms. The van der Waals surface area contributed by atoms with Crippen molar-refractivity contribution in [2.45, 2.75) is 17.7 Å². The molecule has 0 atom stereocenters. The van der Waals surface area contributed by atoms with Crippen LogP contribution in [-0.4, -0.2) is 40.3 Å². The van der Waals surface area contributed by atoms with Gasteiger partial charge in [-0.15, -0.1) is 0 Å². The van der Waals surface area contributed by atoms with Crippen molar-refractivity contribution in [2.75, 3.05) is 25.1 Å². The number of sulfonamides is 1. The third-order valence-corrected chi connectivity index (χ3v) is 6.13. The summed E-state index contributed by atoms with van der Waals surface area (Å²) in [7, 11) is -0.956. The number of aliphatic carboxylic acids is 1. The number of nitrogens with zero attached hydrogens (tertiary/aromatic N) is 1. The largest absolute Gasteiger partial charge is 0.497 e. The first-order valence-electron chi connectivity index (χ1n) is 7.95. The lowest BCUT2D eigenvalue weighted by molar-refractivity contribution is -0.136. The van der Waals surface area contributed by atoms with E-state index in [9.17, 15) is 13.2 Å². The van der Waals surface area contributed by atoms with Crippen LogP contribution >= 0.6 is 0 Å². The zero-order chi connectivity index (χ0) is 18.9. The highest BCUT2D eigenvalue weighted by molar-refractivity contribution is 7.93. The SMILES string of the molecule is COc1ccc2c(c1)CCN2S(=O)(=O)c1cc(CC(=O)O)ccc1OC. The molecule has 8 heteroatoms. The van der Waals surface area contributed by atoms with Crippen LogP contribution in [0.15, 0.2) is 41.3 Å². The average Bonchev–Trinajstić information content (AvgIpc) is 3.05. The number of hydrogen-bond donors (Lipinski definition) is 1. The van der Waals surface area contributed by atoms with Gasteiger partial charge < -0.3 is 14.6 Å². The number of carbonyl (C=O) groups is 1. The Morgan fingerprint density at radius 1 is 1.15 bits per heavy atom. The third-order valence-electron chi connectivity index (χ3n) is 4.29. The van der Waals surface area contributed by atoms with Crippen molar-refractivity contribution >= 4 is 21.7 Å². The summed E-state index contributed by atoms with van der Waals surface area (Å²) in [5.74, 6) is -0.178. The van der Waals surface area contributed by atoms with Crippen LogP contribution in [-0.2, 0) is 27.7 Å². The number of ether oxygens (including phenoxy) is 2. The number of benzene rings is 2. The van der Waals surface area contributed by atoms with Crippen molar-refractivity contribution in [3.8, 4) is 11.5 Å². The number of carboxylic acids is 1. The molecule has 1 N–H and O–H groups in total. The number of fused-ring (bicyclic) bond motifs is 1. The molecule has 0 aromatic heterocycles. The van der Waals surface area contributed by atoms with Crippen LogP contribution in [0, 0.1) is 0 Å². The molecule has 0 bridgehead atoms. The fraction of sp³-hybridized carbons (Fsp3) is 0.278. The minimum Gasteiger partial charge on any atom is -0.497 e. The van der Waals surface area contributed by atoms with Crippen LogP contribution in [0.3, 0.4) is 0 Å². The van der Waals surface area contributed by atoms with Gasteiger partial charge in [-0.25, -0.2) is 8.42 Å². The van der Waals surface area contributed by atoms with Crippen molar-refractivity contribution in [2.24, 2.45) is 0 Å². The molecule has 2 aromatic rings. The molecule has 1 aliphatic rings. The van der Waals surface area contributed by atoms with E-state index in [1.54, 1.807) is 25.3 Å². The maximum Gasteiger partial charge on any atom is 0.307 e. The van der Waals surface area contributed by atoms with Crippen LogP contribution < -0.4 is 13.8 Å². The van der Waals surface area contributed by atoms with Gasteiger partial charge in [0.1, 0.15) is 16.4 Å². The lowest BCUT2D eigenvalue weighted by Crippen LogP contribution is -2.29. The van der Waals surface area contributed by atoms with Crippen LogP contribution in [0.4, 0.5) is 5.69 Å². The van der Waals surface area contributed by atoms with Gasteiger partial charge in [0.2, 0.25) is 0 Å². The molecule has 0 aliphatic carbocycles. The molecule has 138 valence electrons.